The highest BCUT2D eigenvalue weighted by atomic mass is 32.2. The van der Waals surface area contributed by atoms with Crippen molar-refractivity contribution in [2.75, 3.05) is 0 Å². The zero-order valence-corrected chi connectivity index (χ0v) is 7.63. The zero-order chi connectivity index (χ0) is 9.56. The minimum Gasteiger partial charge on any atom is -0.738 e. The summed E-state index contributed by atoms with van der Waals surface area (Å²) in [6, 6.07) is 1.76. The molecule has 6 heteroatoms. The number of nitrogens with zero attached hydrogens (tertiary/aromatic N) is 2. The third-order valence-corrected chi connectivity index (χ3v) is 1.59. The molecule has 0 bridgehead atoms. The quantitative estimate of drug-likeness (QED) is 0.370. The molecule has 0 aromatic rings. The number of nitriles is 1. The van der Waals surface area contributed by atoms with Crippen LogP contribution in [-0.4, -0.2) is 14.5 Å². The second-order valence-corrected chi connectivity index (χ2v) is 2.73. The summed E-state index contributed by atoms with van der Waals surface area (Å²) in [4.78, 5) is 0. The van der Waals surface area contributed by atoms with E-state index in [4.69, 9.17) is 5.26 Å². The van der Waals surface area contributed by atoms with E-state index in [0.29, 0.717) is 6.42 Å². The van der Waals surface area contributed by atoms with Gasteiger partial charge in [0.1, 0.15) is 6.07 Å². The van der Waals surface area contributed by atoms with E-state index in [9.17, 15) is 8.76 Å². The highest BCUT2D eigenvalue weighted by Crippen LogP contribution is 2.03. The smallest absolute Gasteiger partial charge is 0.169 e. The standard InChI is InChI=1S/C6H10N2O3S/c1-3-5(2)6(4-7)8-11-12(9)10/h5H,3H2,1-2H3,(H,9,10)/p-1. The van der Waals surface area contributed by atoms with Crippen LogP contribution in [0.2, 0.25) is 0 Å². The van der Waals surface area contributed by atoms with Crippen molar-refractivity contribution in [2.24, 2.45) is 11.1 Å². The summed E-state index contributed by atoms with van der Waals surface area (Å²) in [5.74, 6) is -0.0847. The first-order valence-corrected chi connectivity index (χ1v) is 4.36. The van der Waals surface area contributed by atoms with Crippen LogP contribution in [-0.2, 0) is 15.6 Å². The van der Waals surface area contributed by atoms with Crippen LogP contribution in [0.25, 0.3) is 0 Å². The lowest BCUT2D eigenvalue weighted by Gasteiger charge is -2.05. The Morgan fingerprint density at radius 2 is 2.50 bits per heavy atom. The van der Waals surface area contributed by atoms with Crippen molar-refractivity contribution in [3.8, 4) is 6.07 Å². The number of oxime groups is 1. The molecule has 0 spiro atoms. The van der Waals surface area contributed by atoms with Crippen LogP contribution < -0.4 is 0 Å². The largest absolute Gasteiger partial charge is 0.738 e. The van der Waals surface area contributed by atoms with Gasteiger partial charge in [-0.15, -0.1) is 0 Å². The average Bonchev–Trinajstić information content (AvgIpc) is 2.04. The molecule has 0 rings (SSSR count). The molecule has 0 fully saturated rings. The Morgan fingerprint density at radius 3 is 2.83 bits per heavy atom. The molecule has 0 aliphatic heterocycles. The number of hydrogen-bond acceptors (Lipinski definition) is 5. The van der Waals surface area contributed by atoms with Gasteiger partial charge < -0.3 is 8.84 Å². The Bertz CT molecular complexity index is 233. The summed E-state index contributed by atoms with van der Waals surface area (Å²) in [6.07, 6.45) is 0.710. The van der Waals surface area contributed by atoms with Gasteiger partial charge in [0.2, 0.25) is 0 Å². The van der Waals surface area contributed by atoms with E-state index in [-0.39, 0.29) is 11.6 Å². The fraction of sp³-hybridized carbons (Fsp3) is 0.667. The van der Waals surface area contributed by atoms with E-state index >= 15 is 0 Å². The van der Waals surface area contributed by atoms with Crippen molar-refractivity contribution >= 4 is 17.1 Å². The van der Waals surface area contributed by atoms with E-state index in [1.807, 2.05) is 6.92 Å². The van der Waals surface area contributed by atoms with E-state index in [2.05, 4.69) is 9.44 Å². The maximum Gasteiger partial charge on any atom is 0.169 e. The van der Waals surface area contributed by atoms with Crippen LogP contribution in [0.3, 0.4) is 0 Å². The maximum atomic E-state index is 9.89. The summed E-state index contributed by atoms with van der Waals surface area (Å²) >= 11 is -2.69. The fourth-order valence-corrected chi connectivity index (χ4v) is 0.626. The maximum absolute atomic E-state index is 9.89. The molecular formula is C6H9N2O3S-. The van der Waals surface area contributed by atoms with E-state index in [1.54, 1.807) is 13.0 Å². The summed E-state index contributed by atoms with van der Waals surface area (Å²) in [5.41, 5.74) is 0.0849. The number of rotatable bonds is 4. The van der Waals surface area contributed by atoms with Crippen LogP contribution in [0.1, 0.15) is 20.3 Å². The van der Waals surface area contributed by atoms with Crippen molar-refractivity contribution in [1.82, 2.24) is 0 Å². The third kappa shape index (κ3) is 4.05. The van der Waals surface area contributed by atoms with Gasteiger partial charge in [-0.25, -0.2) is 4.21 Å². The fourth-order valence-electron chi connectivity index (χ4n) is 0.485. The van der Waals surface area contributed by atoms with Crippen LogP contribution in [0, 0.1) is 17.2 Å². The molecule has 0 aromatic heterocycles. The van der Waals surface area contributed by atoms with E-state index < -0.39 is 11.4 Å². The molecule has 2 atom stereocenters. The molecular weight excluding hydrogens is 180 g/mol. The summed E-state index contributed by atoms with van der Waals surface area (Å²) in [6.45, 7) is 3.63. The van der Waals surface area contributed by atoms with Gasteiger partial charge in [0, 0.05) is 5.92 Å². The highest BCUT2D eigenvalue weighted by molar-refractivity contribution is 7.74. The molecule has 0 saturated carbocycles. The second kappa shape index (κ2) is 5.69. The molecule has 0 aliphatic carbocycles. The van der Waals surface area contributed by atoms with E-state index in [1.165, 1.54) is 0 Å². The van der Waals surface area contributed by atoms with Crippen molar-refractivity contribution in [1.29, 1.82) is 5.26 Å². The number of hydrogen-bond donors (Lipinski definition) is 0. The normalized spacial score (nSPS) is 16.3. The third-order valence-electron chi connectivity index (χ3n) is 1.39. The molecule has 0 saturated heterocycles. The molecule has 0 amide bonds. The van der Waals surface area contributed by atoms with Gasteiger partial charge in [-0.05, 0) is 6.42 Å². The van der Waals surface area contributed by atoms with Gasteiger partial charge in [0.15, 0.2) is 17.1 Å². The lowest BCUT2D eigenvalue weighted by Crippen LogP contribution is -2.08. The van der Waals surface area contributed by atoms with Gasteiger partial charge >= 0.3 is 0 Å². The predicted octanol–water partition coefficient (Wildman–Crippen LogP) is 0.723. The molecule has 0 aromatic carbocycles. The van der Waals surface area contributed by atoms with Gasteiger partial charge in [0.05, 0.1) is 0 Å². The lowest BCUT2D eigenvalue weighted by molar-refractivity contribution is 0.316. The first-order chi connectivity index (χ1) is 5.61. The van der Waals surface area contributed by atoms with Gasteiger partial charge in [-0.1, -0.05) is 19.0 Å². The minimum absolute atomic E-state index is 0.0847. The monoisotopic (exact) mass is 189 g/mol. The van der Waals surface area contributed by atoms with Crippen LogP contribution >= 0.6 is 0 Å². The van der Waals surface area contributed by atoms with E-state index in [0.717, 1.165) is 0 Å². The van der Waals surface area contributed by atoms with Crippen LogP contribution in [0.5, 0.6) is 0 Å². The Hall–Kier alpha value is -0.930. The van der Waals surface area contributed by atoms with Gasteiger partial charge in [-0.2, -0.15) is 5.26 Å². The molecule has 0 N–H and O–H groups in total. The molecule has 0 heterocycles. The van der Waals surface area contributed by atoms with Gasteiger partial charge in [-0.3, -0.25) is 0 Å². The highest BCUT2D eigenvalue weighted by Gasteiger charge is 2.07. The van der Waals surface area contributed by atoms with Gasteiger partial charge in [0.25, 0.3) is 0 Å². The van der Waals surface area contributed by atoms with Crippen molar-refractivity contribution in [3.63, 3.8) is 0 Å². The Labute approximate surface area is 73.5 Å². The summed E-state index contributed by atoms with van der Waals surface area (Å²) < 4.78 is 23.7. The second-order valence-electron chi connectivity index (χ2n) is 2.18. The van der Waals surface area contributed by atoms with Crippen molar-refractivity contribution in [3.05, 3.63) is 0 Å². The first kappa shape index (κ1) is 11.1. The average molecular weight is 189 g/mol. The first-order valence-electron chi connectivity index (χ1n) is 3.36. The molecule has 68 valence electrons. The lowest BCUT2D eigenvalue weighted by atomic mass is 10.0. The van der Waals surface area contributed by atoms with Crippen LogP contribution in [0.4, 0.5) is 0 Å². The van der Waals surface area contributed by atoms with Crippen molar-refractivity contribution < 1.29 is 13.0 Å². The molecule has 12 heavy (non-hydrogen) atoms. The topological polar surface area (TPSA) is 85.5 Å². The Morgan fingerprint density at radius 1 is 1.92 bits per heavy atom. The zero-order valence-electron chi connectivity index (χ0n) is 6.81. The Balaban J connectivity index is 4.25. The van der Waals surface area contributed by atoms with Crippen LogP contribution in [0.15, 0.2) is 5.16 Å². The molecule has 0 radical (unpaired) electrons. The Kier molecular flexibility index (Phi) is 5.25. The predicted molar refractivity (Wildman–Crippen MR) is 42.5 cm³/mol. The molecule has 0 aliphatic rings. The molecule has 2 unspecified atom stereocenters. The summed E-state index contributed by atoms with van der Waals surface area (Å²) in [7, 11) is 0. The molecule has 5 nitrogen and oxygen atoms in total. The minimum atomic E-state index is -2.69. The van der Waals surface area contributed by atoms with Crippen molar-refractivity contribution in [2.45, 2.75) is 20.3 Å². The SMILES string of the molecule is CCC(C)C(C#N)=NOS(=O)[O-]. The summed E-state index contributed by atoms with van der Waals surface area (Å²) in [5, 5.41) is 11.6.